The van der Waals surface area contributed by atoms with E-state index in [-0.39, 0.29) is 11.5 Å². The van der Waals surface area contributed by atoms with E-state index in [1.807, 2.05) is 12.1 Å². The largest absolute Gasteiger partial charge is 0.508 e. The minimum Gasteiger partial charge on any atom is -0.508 e. The van der Waals surface area contributed by atoms with Crippen LogP contribution in [0.2, 0.25) is 0 Å². The lowest BCUT2D eigenvalue weighted by Gasteiger charge is -2.10. The molecule has 0 saturated heterocycles. The fourth-order valence-corrected chi connectivity index (χ4v) is 2.73. The predicted octanol–water partition coefficient (Wildman–Crippen LogP) is 6.31. The SMILES string of the molecule is CC(C)=CCC/C(C)=C/Cc1c(O)cc(CCCC(C)C)cc1O. The molecule has 0 aliphatic heterocycles. The molecular weight excluding hydrogens is 296 g/mol. The zero-order valence-corrected chi connectivity index (χ0v) is 16.0. The lowest BCUT2D eigenvalue weighted by Crippen LogP contribution is -1.93. The van der Waals surface area contributed by atoms with E-state index in [4.69, 9.17) is 0 Å². The normalized spacial score (nSPS) is 11.8. The topological polar surface area (TPSA) is 40.5 Å². The van der Waals surface area contributed by atoms with Crippen LogP contribution in [-0.4, -0.2) is 10.2 Å². The second kappa shape index (κ2) is 10.2. The van der Waals surface area contributed by atoms with E-state index in [0.717, 1.165) is 37.7 Å². The number of phenols is 2. The Morgan fingerprint density at radius 3 is 2.21 bits per heavy atom. The molecule has 0 aliphatic carbocycles. The van der Waals surface area contributed by atoms with Gasteiger partial charge in [-0.05, 0) is 76.5 Å². The third-order valence-electron chi connectivity index (χ3n) is 4.26. The lowest BCUT2D eigenvalue weighted by molar-refractivity contribution is 0.439. The van der Waals surface area contributed by atoms with Gasteiger partial charge in [-0.3, -0.25) is 0 Å². The molecule has 0 fully saturated rings. The number of hydrogen-bond acceptors (Lipinski definition) is 2. The molecule has 2 nitrogen and oxygen atoms in total. The van der Waals surface area contributed by atoms with Gasteiger partial charge in [0.15, 0.2) is 0 Å². The fraction of sp³-hybridized carbons (Fsp3) is 0.545. The zero-order chi connectivity index (χ0) is 18.1. The van der Waals surface area contributed by atoms with Gasteiger partial charge in [0.25, 0.3) is 0 Å². The first kappa shape index (κ1) is 20.3. The van der Waals surface area contributed by atoms with Crippen LogP contribution in [0.1, 0.15) is 71.4 Å². The molecule has 0 aromatic heterocycles. The summed E-state index contributed by atoms with van der Waals surface area (Å²) in [5, 5.41) is 20.5. The predicted molar refractivity (Wildman–Crippen MR) is 104 cm³/mol. The van der Waals surface area contributed by atoms with Crippen molar-refractivity contribution in [3.8, 4) is 11.5 Å². The van der Waals surface area contributed by atoms with Gasteiger partial charge in [-0.2, -0.15) is 0 Å². The Morgan fingerprint density at radius 1 is 1.04 bits per heavy atom. The molecule has 0 heterocycles. The first-order valence-corrected chi connectivity index (χ1v) is 9.12. The van der Waals surface area contributed by atoms with Gasteiger partial charge in [-0.1, -0.05) is 43.6 Å². The number of aromatic hydroxyl groups is 2. The van der Waals surface area contributed by atoms with Crippen molar-refractivity contribution in [1.29, 1.82) is 0 Å². The van der Waals surface area contributed by atoms with Crippen molar-refractivity contribution < 1.29 is 10.2 Å². The van der Waals surface area contributed by atoms with Crippen molar-refractivity contribution >= 4 is 0 Å². The summed E-state index contributed by atoms with van der Waals surface area (Å²) in [6.45, 7) is 10.7. The van der Waals surface area contributed by atoms with E-state index < -0.39 is 0 Å². The second-order valence-electron chi connectivity index (χ2n) is 7.47. The molecule has 2 heteroatoms. The molecule has 24 heavy (non-hydrogen) atoms. The Hall–Kier alpha value is -1.70. The van der Waals surface area contributed by atoms with Crippen LogP contribution in [0.3, 0.4) is 0 Å². The van der Waals surface area contributed by atoms with Gasteiger partial charge >= 0.3 is 0 Å². The van der Waals surface area contributed by atoms with Crippen LogP contribution in [0.25, 0.3) is 0 Å². The van der Waals surface area contributed by atoms with Crippen LogP contribution in [0.5, 0.6) is 11.5 Å². The summed E-state index contributed by atoms with van der Waals surface area (Å²) in [6, 6.07) is 3.61. The summed E-state index contributed by atoms with van der Waals surface area (Å²) in [7, 11) is 0. The van der Waals surface area contributed by atoms with Gasteiger partial charge in [0, 0.05) is 5.56 Å². The molecule has 1 aromatic carbocycles. The molecule has 1 rings (SSSR count). The van der Waals surface area contributed by atoms with Gasteiger partial charge in [-0.15, -0.1) is 0 Å². The highest BCUT2D eigenvalue weighted by molar-refractivity contribution is 5.47. The van der Waals surface area contributed by atoms with Crippen molar-refractivity contribution in [1.82, 2.24) is 0 Å². The summed E-state index contributed by atoms with van der Waals surface area (Å²) in [6.07, 6.45) is 10.1. The van der Waals surface area contributed by atoms with Crippen LogP contribution in [0.15, 0.2) is 35.4 Å². The maximum atomic E-state index is 10.2. The van der Waals surface area contributed by atoms with E-state index in [2.05, 4.69) is 46.8 Å². The molecule has 0 aliphatic rings. The number of allylic oxidation sites excluding steroid dienone is 4. The van der Waals surface area contributed by atoms with Gasteiger partial charge in [-0.25, -0.2) is 0 Å². The fourth-order valence-electron chi connectivity index (χ4n) is 2.73. The first-order chi connectivity index (χ1) is 11.3. The molecular formula is C22H34O2. The standard InChI is InChI=1S/C22H34O2/c1-16(2)8-6-10-18(5)12-13-20-21(23)14-19(15-22(20)24)11-7-9-17(3)4/h8,12,14-15,17,23-24H,6-7,9-11,13H2,1-5H3/b18-12+. The molecule has 2 N–H and O–H groups in total. The first-order valence-electron chi connectivity index (χ1n) is 9.12. The molecule has 134 valence electrons. The van der Waals surface area contributed by atoms with Gasteiger partial charge in [0.2, 0.25) is 0 Å². The second-order valence-corrected chi connectivity index (χ2v) is 7.47. The number of aryl methyl sites for hydroxylation is 1. The summed E-state index contributed by atoms with van der Waals surface area (Å²) < 4.78 is 0. The molecule has 0 bridgehead atoms. The summed E-state index contributed by atoms with van der Waals surface area (Å²) in [5.41, 5.74) is 4.27. The summed E-state index contributed by atoms with van der Waals surface area (Å²) in [4.78, 5) is 0. The van der Waals surface area contributed by atoms with Crippen LogP contribution in [-0.2, 0) is 12.8 Å². The van der Waals surface area contributed by atoms with Crippen molar-refractivity contribution in [3.63, 3.8) is 0 Å². The van der Waals surface area contributed by atoms with E-state index in [9.17, 15) is 10.2 Å². The lowest BCUT2D eigenvalue weighted by atomic mass is 9.99. The van der Waals surface area contributed by atoms with Crippen molar-refractivity contribution in [3.05, 3.63) is 46.6 Å². The number of phenolic OH excluding ortho intramolecular Hbond substituents is 2. The quantitative estimate of drug-likeness (QED) is 0.521. The summed E-state index contributed by atoms with van der Waals surface area (Å²) in [5.74, 6) is 1.11. The smallest absolute Gasteiger partial charge is 0.123 e. The van der Waals surface area contributed by atoms with Crippen molar-refractivity contribution in [2.24, 2.45) is 5.92 Å². The maximum absolute atomic E-state index is 10.2. The van der Waals surface area contributed by atoms with E-state index in [0.29, 0.717) is 17.9 Å². The van der Waals surface area contributed by atoms with E-state index >= 15 is 0 Å². The highest BCUT2D eigenvalue weighted by Crippen LogP contribution is 2.30. The van der Waals surface area contributed by atoms with E-state index in [1.54, 1.807) is 0 Å². The monoisotopic (exact) mass is 330 g/mol. The highest BCUT2D eigenvalue weighted by atomic mass is 16.3. The number of rotatable bonds is 9. The average molecular weight is 331 g/mol. The minimum atomic E-state index is 0.211. The van der Waals surface area contributed by atoms with Gasteiger partial charge in [0.1, 0.15) is 11.5 Å². The van der Waals surface area contributed by atoms with Gasteiger partial charge < -0.3 is 10.2 Å². The molecule has 0 saturated carbocycles. The third-order valence-corrected chi connectivity index (χ3v) is 4.26. The zero-order valence-electron chi connectivity index (χ0n) is 16.0. The van der Waals surface area contributed by atoms with Crippen molar-refractivity contribution in [2.75, 3.05) is 0 Å². The van der Waals surface area contributed by atoms with Crippen LogP contribution in [0.4, 0.5) is 0 Å². The molecule has 0 radical (unpaired) electrons. The Balaban J connectivity index is 2.67. The summed E-state index contributed by atoms with van der Waals surface area (Å²) >= 11 is 0. The Bertz CT molecular complexity index is 553. The molecule has 0 unspecified atom stereocenters. The Labute approximate surface area is 147 Å². The highest BCUT2D eigenvalue weighted by Gasteiger charge is 2.09. The van der Waals surface area contributed by atoms with Crippen LogP contribution >= 0.6 is 0 Å². The Kier molecular flexibility index (Phi) is 8.67. The molecule has 0 amide bonds. The molecule has 0 spiro atoms. The van der Waals surface area contributed by atoms with Crippen molar-refractivity contribution in [2.45, 2.75) is 73.1 Å². The van der Waals surface area contributed by atoms with Crippen LogP contribution < -0.4 is 0 Å². The van der Waals surface area contributed by atoms with Gasteiger partial charge in [0.05, 0.1) is 0 Å². The third kappa shape index (κ3) is 7.72. The molecule has 0 atom stereocenters. The van der Waals surface area contributed by atoms with E-state index in [1.165, 1.54) is 11.1 Å². The maximum Gasteiger partial charge on any atom is 0.123 e. The average Bonchev–Trinajstić information content (AvgIpc) is 2.45. The van der Waals surface area contributed by atoms with Crippen LogP contribution in [0, 0.1) is 5.92 Å². The molecule has 1 aromatic rings. The minimum absolute atomic E-state index is 0.211. The number of benzene rings is 1. The Morgan fingerprint density at radius 2 is 1.67 bits per heavy atom. The number of hydrogen-bond donors (Lipinski definition) is 2.